The topological polar surface area (TPSA) is 179 Å². The Bertz CT molecular complexity index is 1840. The summed E-state index contributed by atoms with van der Waals surface area (Å²) in [6.07, 6.45) is 24.1. The molecule has 2 aromatic heterocycles. The average molecular weight is 775 g/mol. The third-order valence-corrected chi connectivity index (χ3v) is 10.2. The lowest BCUT2D eigenvalue weighted by atomic mass is 9.79. The van der Waals surface area contributed by atoms with E-state index >= 15 is 0 Å². The third kappa shape index (κ3) is 11.2. The van der Waals surface area contributed by atoms with Crippen LogP contribution in [-0.4, -0.2) is 94.2 Å². The van der Waals surface area contributed by atoms with Gasteiger partial charge >= 0.3 is 11.9 Å². The van der Waals surface area contributed by atoms with Gasteiger partial charge in [-0.2, -0.15) is 0 Å². The summed E-state index contributed by atoms with van der Waals surface area (Å²) in [5.74, 6) is -0.844. The van der Waals surface area contributed by atoms with Gasteiger partial charge in [0.1, 0.15) is 49.2 Å². The van der Waals surface area contributed by atoms with E-state index in [1.165, 1.54) is 12.5 Å². The van der Waals surface area contributed by atoms with Crippen LogP contribution in [0.1, 0.15) is 87.1 Å². The Morgan fingerprint density at radius 1 is 0.732 bits per heavy atom. The van der Waals surface area contributed by atoms with Gasteiger partial charge in [0.2, 0.25) is 5.89 Å². The molecule has 0 radical (unpaired) electrons. The summed E-state index contributed by atoms with van der Waals surface area (Å²) in [6.45, 7) is 11.0. The van der Waals surface area contributed by atoms with Crippen molar-refractivity contribution in [3.8, 4) is 0 Å². The van der Waals surface area contributed by atoms with E-state index in [2.05, 4.69) is 9.97 Å². The molecule has 5 rings (SSSR count). The molecule has 302 valence electrons. The van der Waals surface area contributed by atoms with Crippen LogP contribution in [0.2, 0.25) is 0 Å². The van der Waals surface area contributed by atoms with E-state index in [1.54, 1.807) is 49.6 Å². The second-order valence-corrected chi connectivity index (χ2v) is 15.1. The Balaban J connectivity index is 1.37. The molecule has 0 aliphatic carbocycles. The minimum atomic E-state index is -0.884. The number of aliphatic hydroxyl groups excluding tert-OH is 2. The molecule has 2 fully saturated rings. The minimum absolute atomic E-state index is 0.00381. The Hall–Kier alpha value is -4.66. The fraction of sp³-hybridized carbons (Fsp3) is 0.488. The molecule has 0 spiro atoms. The highest BCUT2D eigenvalue weighted by atomic mass is 16.6. The van der Waals surface area contributed by atoms with Crippen molar-refractivity contribution in [2.24, 2.45) is 10.8 Å². The zero-order valence-electron chi connectivity index (χ0n) is 33.0. The van der Waals surface area contributed by atoms with Crippen molar-refractivity contribution in [1.82, 2.24) is 9.97 Å². The second kappa shape index (κ2) is 19.0. The number of nitrogens with zero attached hydrogens (tertiary/aromatic N) is 2. The van der Waals surface area contributed by atoms with Crippen LogP contribution < -0.4 is 0 Å². The van der Waals surface area contributed by atoms with Gasteiger partial charge in [-0.1, -0.05) is 107 Å². The number of aliphatic hydroxyl groups is 2. The lowest BCUT2D eigenvalue weighted by Gasteiger charge is -2.36. The molecule has 9 atom stereocenters. The number of cyclic esters (lactones) is 2. The van der Waals surface area contributed by atoms with E-state index < -0.39 is 53.3 Å². The van der Waals surface area contributed by atoms with Gasteiger partial charge in [-0.05, 0) is 13.8 Å². The number of oxazole rings is 2. The summed E-state index contributed by atoms with van der Waals surface area (Å²) in [5.41, 5.74) is -1.68. The number of aromatic nitrogens is 2. The Morgan fingerprint density at radius 2 is 1.25 bits per heavy atom. The highest BCUT2D eigenvalue weighted by Crippen LogP contribution is 2.35. The molecule has 2 N–H and O–H groups in total. The maximum atomic E-state index is 13.4. The van der Waals surface area contributed by atoms with Crippen molar-refractivity contribution >= 4 is 18.0 Å². The lowest BCUT2D eigenvalue weighted by molar-refractivity contribution is -0.0461. The Morgan fingerprint density at radius 3 is 1.80 bits per heavy atom. The number of hydrogen-bond acceptors (Lipinski definition) is 13. The molecular formula is C43H54N2O11. The van der Waals surface area contributed by atoms with Crippen molar-refractivity contribution in [2.45, 2.75) is 116 Å². The maximum Gasteiger partial charge on any atom is 0.360 e. The number of epoxide rings is 2. The van der Waals surface area contributed by atoms with E-state index in [1.807, 2.05) is 84.1 Å². The van der Waals surface area contributed by atoms with Gasteiger partial charge in [-0.25, -0.2) is 19.6 Å². The minimum Gasteiger partial charge on any atom is -0.457 e. The van der Waals surface area contributed by atoms with E-state index in [0.717, 1.165) is 0 Å². The van der Waals surface area contributed by atoms with E-state index in [9.17, 15) is 19.8 Å². The van der Waals surface area contributed by atoms with E-state index in [0.29, 0.717) is 12.8 Å². The standard InChI is InChI=1S/C43H54N2O11/c1-8-14-34(46)42(3,4)36-20-13-18-32-33(54-32)23-22-27(50-7)24-39-45-29(26-52-39)41(49)56-37(43(5,6)35(47)15-9-2)19-12-17-31-30(53-31)16-10-11-21-38-44-28(25-51-38)40(48)55-36/h8-18,21-23,25-27,30-37,46-47H,19-20,24H2,1-7H3/t27-,30-,31+,32-,33+,34-,35-,36?,37+/m0/s1. The summed E-state index contributed by atoms with van der Waals surface area (Å²) in [7, 11) is 1.56. The normalized spacial score (nSPS) is 28.1. The molecule has 2 saturated heterocycles. The highest BCUT2D eigenvalue weighted by Gasteiger charge is 2.41. The van der Waals surface area contributed by atoms with Gasteiger partial charge in [-0.3, -0.25) is 0 Å². The number of ether oxygens (including phenoxy) is 5. The molecule has 13 heteroatoms. The molecule has 2 aromatic rings. The van der Waals surface area contributed by atoms with Crippen molar-refractivity contribution in [3.63, 3.8) is 0 Å². The number of fused-ring (bicyclic) bond motifs is 6. The largest absolute Gasteiger partial charge is 0.457 e. The first-order valence-corrected chi connectivity index (χ1v) is 18.9. The van der Waals surface area contributed by atoms with Gasteiger partial charge in [-0.15, -0.1) is 0 Å². The van der Waals surface area contributed by atoms with Gasteiger partial charge in [0, 0.05) is 36.9 Å². The second-order valence-electron chi connectivity index (χ2n) is 15.1. The summed E-state index contributed by atoms with van der Waals surface area (Å²) in [4.78, 5) is 35.3. The number of rotatable bonds is 7. The molecule has 1 unspecified atom stereocenters. The average Bonchev–Trinajstić information content (AvgIpc) is 3.96. The molecular weight excluding hydrogens is 720 g/mol. The van der Waals surface area contributed by atoms with Crippen LogP contribution in [0.25, 0.3) is 6.08 Å². The fourth-order valence-corrected chi connectivity index (χ4v) is 6.10. The molecule has 5 heterocycles. The maximum absolute atomic E-state index is 13.4. The van der Waals surface area contributed by atoms with Crippen molar-refractivity contribution in [1.29, 1.82) is 0 Å². The molecule has 0 saturated carbocycles. The smallest absolute Gasteiger partial charge is 0.360 e. The van der Waals surface area contributed by atoms with Crippen LogP contribution in [0.4, 0.5) is 0 Å². The quantitative estimate of drug-likeness (QED) is 0.178. The number of allylic oxidation sites excluding steroid dienone is 4. The van der Waals surface area contributed by atoms with Gasteiger partial charge in [0.15, 0.2) is 17.3 Å². The van der Waals surface area contributed by atoms with Crippen LogP contribution in [0, 0.1) is 10.8 Å². The molecule has 0 amide bonds. The fourth-order valence-electron chi connectivity index (χ4n) is 6.10. The predicted octanol–water partition coefficient (Wildman–Crippen LogP) is 6.46. The number of carbonyl (C=O) groups excluding carboxylic acids is 2. The molecule has 3 aliphatic rings. The molecule has 3 aliphatic heterocycles. The number of esters is 2. The van der Waals surface area contributed by atoms with Crippen LogP contribution in [0.5, 0.6) is 0 Å². The van der Waals surface area contributed by atoms with Crippen molar-refractivity contribution in [2.75, 3.05) is 7.11 Å². The zero-order valence-corrected chi connectivity index (χ0v) is 33.0. The number of hydrogen-bond donors (Lipinski definition) is 2. The first-order chi connectivity index (χ1) is 26.8. The van der Waals surface area contributed by atoms with E-state index in [4.69, 9.17) is 32.5 Å². The molecule has 4 bridgehead atoms. The Labute approximate surface area is 328 Å². The SMILES string of the molecule is CC=C[C@H](O)C(C)(C)C1CC=C[C@@H]2O[C@@H]2C=C[C@H](OC)Cc2nc(co2)C(=O)O[C@@H](C(C)(C)[C@@H](O)C=CC)CC=C[C@H]2O[C@H]2C=CC=Cc2nc(co2)C(=O)O1. The summed E-state index contributed by atoms with van der Waals surface area (Å²) < 4.78 is 40.3. The molecule has 13 nitrogen and oxygen atoms in total. The monoisotopic (exact) mass is 774 g/mol. The van der Waals surface area contributed by atoms with Crippen molar-refractivity contribution in [3.05, 3.63) is 115 Å². The lowest BCUT2D eigenvalue weighted by Crippen LogP contribution is -2.42. The number of methoxy groups -OCH3 is 1. The zero-order chi connectivity index (χ0) is 40.5. The van der Waals surface area contributed by atoms with Crippen LogP contribution >= 0.6 is 0 Å². The van der Waals surface area contributed by atoms with Gasteiger partial charge in [0.25, 0.3) is 0 Å². The predicted molar refractivity (Wildman–Crippen MR) is 207 cm³/mol. The van der Waals surface area contributed by atoms with Gasteiger partial charge < -0.3 is 42.7 Å². The molecule has 0 aromatic carbocycles. The van der Waals surface area contributed by atoms with Crippen LogP contribution in [0.3, 0.4) is 0 Å². The van der Waals surface area contributed by atoms with Gasteiger partial charge in [0.05, 0.1) is 24.7 Å². The first-order valence-electron chi connectivity index (χ1n) is 18.9. The summed E-state index contributed by atoms with van der Waals surface area (Å²) in [5, 5.41) is 21.9. The summed E-state index contributed by atoms with van der Waals surface area (Å²) >= 11 is 0. The van der Waals surface area contributed by atoms with Crippen LogP contribution in [0.15, 0.2) is 100 Å². The summed E-state index contributed by atoms with van der Waals surface area (Å²) in [6, 6.07) is 0. The third-order valence-electron chi connectivity index (χ3n) is 10.2. The first kappa shape index (κ1) is 42.5. The van der Waals surface area contributed by atoms with Crippen molar-refractivity contribution < 1.29 is 52.3 Å². The van der Waals surface area contributed by atoms with E-state index in [-0.39, 0.29) is 54.0 Å². The van der Waals surface area contributed by atoms with Crippen LogP contribution in [-0.2, 0) is 30.1 Å². The number of carbonyl (C=O) groups is 2. The Kier molecular flexibility index (Phi) is 14.4. The highest BCUT2D eigenvalue weighted by molar-refractivity contribution is 5.87. The molecule has 56 heavy (non-hydrogen) atoms.